The highest BCUT2D eigenvalue weighted by molar-refractivity contribution is 6.30. The number of hydrogen-bond acceptors (Lipinski definition) is 3. The number of amides is 1. The number of aryl methyl sites for hydroxylation is 1. The summed E-state index contributed by atoms with van der Waals surface area (Å²) >= 11 is 5.88. The highest BCUT2D eigenvalue weighted by Gasteiger charge is 2.16. The first-order chi connectivity index (χ1) is 12.1. The van der Waals surface area contributed by atoms with Gasteiger partial charge in [0.25, 0.3) is 0 Å². The summed E-state index contributed by atoms with van der Waals surface area (Å²) in [7, 11) is 0. The van der Waals surface area contributed by atoms with E-state index in [-0.39, 0.29) is 5.91 Å². The Morgan fingerprint density at radius 1 is 1.20 bits per heavy atom. The van der Waals surface area contributed by atoms with Crippen LogP contribution in [0.25, 0.3) is 0 Å². The van der Waals surface area contributed by atoms with E-state index < -0.39 is 0 Å². The molecular formula is C20H22ClN3O. The largest absolute Gasteiger partial charge is 0.371 e. The van der Waals surface area contributed by atoms with Gasteiger partial charge >= 0.3 is 0 Å². The molecule has 0 aliphatic carbocycles. The summed E-state index contributed by atoms with van der Waals surface area (Å²) in [6.45, 7) is 3.57. The average molecular weight is 356 g/mol. The summed E-state index contributed by atoms with van der Waals surface area (Å²) in [6, 6.07) is 15.8. The van der Waals surface area contributed by atoms with E-state index in [9.17, 15) is 4.79 Å². The van der Waals surface area contributed by atoms with Gasteiger partial charge in [-0.2, -0.15) is 5.10 Å². The van der Waals surface area contributed by atoms with E-state index in [1.165, 1.54) is 11.3 Å². The Labute approximate surface area is 153 Å². The fraction of sp³-hybridized carbons (Fsp3) is 0.300. The fourth-order valence-electron chi connectivity index (χ4n) is 3.04. The maximum absolute atomic E-state index is 12.1. The first-order valence-corrected chi connectivity index (χ1v) is 8.93. The number of nitrogens with zero attached hydrogens (tertiary/aromatic N) is 2. The van der Waals surface area contributed by atoms with E-state index in [0.29, 0.717) is 18.0 Å². The number of hydrogen-bond donors (Lipinski definition) is 1. The van der Waals surface area contributed by atoms with Gasteiger partial charge < -0.3 is 4.90 Å². The number of para-hydroxylation sites is 1. The van der Waals surface area contributed by atoms with Gasteiger partial charge in [0.2, 0.25) is 5.91 Å². The number of rotatable bonds is 5. The minimum atomic E-state index is -0.0728. The van der Waals surface area contributed by atoms with Crippen molar-refractivity contribution in [3.05, 3.63) is 64.7 Å². The van der Waals surface area contributed by atoms with Crippen LogP contribution in [0.15, 0.2) is 53.6 Å². The van der Waals surface area contributed by atoms with Crippen molar-refractivity contribution >= 4 is 28.9 Å². The monoisotopic (exact) mass is 355 g/mol. The molecule has 0 unspecified atom stereocenters. The van der Waals surface area contributed by atoms with Crippen molar-refractivity contribution in [1.29, 1.82) is 0 Å². The number of anilines is 1. The summed E-state index contributed by atoms with van der Waals surface area (Å²) < 4.78 is 0. The molecule has 0 spiro atoms. The van der Waals surface area contributed by atoms with E-state index in [2.05, 4.69) is 39.7 Å². The SMILES string of the molecule is C/C(=N\NC(=O)CCN1CCCc2ccccc21)c1ccc(Cl)cc1. The summed E-state index contributed by atoms with van der Waals surface area (Å²) in [5.74, 6) is -0.0728. The van der Waals surface area contributed by atoms with Gasteiger partial charge in [-0.1, -0.05) is 41.9 Å². The van der Waals surface area contributed by atoms with E-state index in [1.807, 2.05) is 31.2 Å². The van der Waals surface area contributed by atoms with Crippen molar-refractivity contribution in [3.8, 4) is 0 Å². The number of halogens is 1. The van der Waals surface area contributed by atoms with E-state index in [1.54, 1.807) is 0 Å². The van der Waals surface area contributed by atoms with Crippen molar-refractivity contribution in [1.82, 2.24) is 5.43 Å². The van der Waals surface area contributed by atoms with Crippen LogP contribution in [-0.2, 0) is 11.2 Å². The van der Waals surface area contributed by atoms with Crippen LogP contribution in [0.3, 0.4) is 0 Å². The fourth-order valence-corrected chi connectivity index (χ4v) is 3.16. The van der Waals surface area contributed by atoms with Crippen molar-refractivity contribution in [2.75, 3.05) is 18.0 Å². The number of nitrogens with one attached hydrogen (secondary N) is 1. The second-order valence-electron chi connectivity index (χ2n) is 6.21. The minimum Gasteiger partial charge on any atom is -0.371 e. The Hall–Kier alpha value is -2.33. The Kier molecular flexibility index (Phi) is 5.71. The highest BCUT2D eigenvalue weighted by Crippen LogP contribution is 2.26. The number of fused-ring (bicyclic) bond motifs is 1. The smallest absolute Gasteiger partial charge is 0.241 e. The van der Waals surface area contributed by atoms with Crippen LogP contribution in [-0.4, -0.2) is 24.7 Å². The van der Waals surface area contributed by atoms with E-state index in [4.69, 9.17) is 11.6 Å². The molecule has 1 heterocycles. The lowest BCUT2D eigenvalue weighted by molar-refractivity contribution is -0.120. The Balaban J connectivity index is 1.53. The van der Waals surface area contributed by atoms with Crippen molar-refractivity contribution in [2.24, 2.45) is 5.10 Å². The molecule has 0 fully saturated rings. The normalized spacial score (nSPS) is 14.2. The maximum atomic E-state index is 12.1. The van der Waals surface area contributed by atoms with Crippen LogP contribution in [0.1, 0.15) is 30.9 Å². The summed E-state index contributed by atoms with van der Waals surface area (Å²) in [5.41, 5.74) is 6.96. The van der Waals surface area contributed by atoms with Gasteiger partial charge in [0.1, 0.15) is 0 Å². The van der Waals surface area contributed by atoms with Crippen molar-refractivity contribution in [2.45, 2.75) is 26.2 Å². The summed E-state index contributed by atoms with van der Waals surface area (Å²) in [4.78, 5) is 14.4. The second-order valence-corrected chi connectivity index (χ2v) is 6.64. The highest BCUT2D eigenvalue weighted by atomic mass is 35.5. The third kappa shape index (κ3) is 4.60. The molecule has 5 heteroatoms. The molecule has 0 saturated carbocycles. The van der Waals surface area contributed by atoms with Crippen molar-refractivity contribution in [3.63, 3.8) is 0 Å². The molecule has 1 aliphatic rings. The molecule has 0 aromatic heterocycles. The zero-order valence-corrected chi connectivity index (χ0v) is 15.1. The van der Waals surface area contributed by atoms with Gasteiger partial charge in [-0.3, -0.25) is 4.79 Å². The molecule has 3 rings (SSSR count). The lowest BCUT2D eigenvalue weighted by Crippen LogP contribution is -2.33. The standard InChI is InChI=1S/C20H22ClN3O/c1-15(16-8-10-18(21)11-9-16)22-23-20(25)12-14-24-13-4-6-17-5-2-3-7-19(17)24/h2-3,5,7-11H,4,6,12-14H2,1H3,(H,23,25)/b22-15+. The lowest BCUT2D eigenvalue weighted by atomic mass is 10.0. The third-order valence-electron chi connectivity index (χ3n) is 4.43. The van der Waals surface area contributed by atoms with Gasteiger partial charge in [-0.15, -0.1) is 0 Å². The Bertz CT molecular complexity index is 771. The predicted octanol–water partition coefficient (Wildman–Crippen LogP) is 4.02. The molecule has 0 bridgehead atoms. The molecule has 0 radical (unpaired) electrons. The number of carbonyl (C=O) groups is 1. The van der Waals surface area contributed by atoms with Gasteiger partial charge in [-0.25, -0.2) is 5.43 Å². The van der Waals surface area contributed by atoms with Crippen LogP contribution in [0.2, 0.25) is 5.02 Å². The first-order valence-electron chi connectivity index (χ1n) is 8.55. The zero-order valence-electron chi connectivity index (χ0n) is 14.3. The number of benzene rings is 2. The topological polar surface area (TPSA) is 44.7 Å². The molecule has 0 atom stereocenters. The van der Waals surface area contributed by atoms with Crippen LogP contribution in [0, 0.1) is 0 Å². The maximum Gasteiger partial charge on any atom is 0.241 e. The molecule has 2 aromatic carbocycles. The molecule has 1 N–H and O–H groups in total. The predicted molar refractivity (Wildman–Crippen MR) is 103 cm³/mol. The van der Waals surface area contributed by atoms with Crippen LogP contribution >= 0.6 is 11.6 Å². The van der Waals surface area contributed by atoms with Crippen LogP contribution in [0.5, 0.6) is 0 Å². The second kappa shape index (κ2) is 8.17. The quantitative estimate of drug-likeness (QED) is 0.650. The Morgan fingerprint density at radius 2 is 1.96 bits per heavy atom. The molecule has 4 nitrogen and oxygen atoms in total. The van der Waals surface area contributed by atoms with Gasteiger partial charge in [-0.05, 0) is 49.1 Å². The summed E-state index contributed by atoms with van der Waals surface area (Å²) in [6.07, 6.45) is 2.67. The van der Waals surface area contributed by atoms with E-state index in [0.717, 1.165) is 30.7 Å². The molecular weight excluding hydrogens is 334 g/mol. The third-order valence-corrected chi connectivity index (χ3v) is 4.68. The minimum absolute atomic E-state index is 0.0728. The zero-order chi connectivity index (χ0) is 17.6. The molecule has 1 amide bonds. The van der Waals surface area contributed by atoms with Gasteiger partial charge in [0.15, 0.2) is 0 Å². The average Bonchev–Trinajstić information content (AvgIpc) is 2.65. The molecule has 1 aliphatic heterocycles. The molecule has 2 aromatic rings. The van der Waals surface area contributed by atoms with Crippen LogP contribution in [0.4, 0.5) is 5.69 Å². The lowest BCUT2D eigenvalue weighted by Gasteiger charge is -2.31. The molecule has 0 saturated heterocycles. The number of carbonyl (C=O) groups excluding carboxylic acids is 1. The molecule has 25 heavy (non-hydrogen) atoms. The Morgan fingerprint density at radius 3 is 2.76 bits per heavy atom. The molecule has 130 valence electrons. The van der Waals surface area contributed by atoms with Crippen molar-refractivity contribution < 1.29 is 4.79 Å². The first kappa shape index (κ1) is 17.5. The van der Waals surface area contributed by atoms with Gasteiger partial charge in [0.05, 0.1) is 5.71 Å². The van der Waals surface area contributed by atoms with E-state index >= 15 is 0 Å². The van der Waals surface area contributed by atoms with Crippen LogP contribution < -0.4 is 10.3 Å². The summed E-state index contributed by atoms with van der Waals surface area (Å²) in [5, 5.41) is 4.87. The van der Waals surface area contributed by atoms with Gasteiger partial charge in [0, 0.05) is 30.2 Å². The number of hydrazone groups is 1.